The monoisotopic (exact) mass is 190 g/mol. The first-order valence-electron chi connectivity index (χ1n) is 3.63. The first-order chi connectivity index (χ1) is 5.91. The van der Waals surface area contributed by atoms with Gasteiger partial charge in [0.1, 0.15) is 0 Å². The molecule has 0 spiro atoms. The zero-order valence-electron chi connectivity index (χ0n) is 7.49. The van der Waals surface area contributed by atoms with Gasteiger partial charge in [-0.25, -0.2) is 4.79 Å². The molecule has 3 N–H and O–H groups in total. The topological polar surface area (TPSA) is 94.8 Å². The summed E-state index contributed by atoms with van der Waals surface area (Å²) in [6.07, 6.45) is 0.422. The summed E-state index contributed by atoms with van der Waals surface area (Å²) >= 11 is 0. The zero-order chi connectivity index (χ0) is 10.9. The summed E-state index contributed by atoms with van der Waals surface area (Å²) < 4.78 is 0. The molecule has 0 aliphatic heterocycles. The molecule has 0 aromatic heterocycles. The second kappa shape index (κ2) is 8.73. The maximum atomic E-state index is 9.65. The molecule has 0 amide bonds. The molecule has 0 bridgehead atoms. The number of hydrogen-bond donors (Lipinski definition) is 3. The summed E-state index contributed by atoms with van der Waals surface area (Å²) in [6, 6.07) is 0. The van der Waals surface area contributed by atoms with Crippen molar-refractivity contribution in [1.82, 2.24) is 0 Å². The van der Waals surface area contributed by atoms with Crippen LogP contribution in [-0.2, 0) is 9.59 Å². The van der Waals surface area contributed by atoms with Gasteiger partial charge in [-0.05, 0) is 13.3 Å². The Bertz CT molecular complexity index is 173. The van der Waals surface area contributed by atoms with E-state index in [0.717, 1.165) is 0 Å². The molecule has 0 heterocycles. The average molecular weight is 190 g/mol. The summed E-state index contributed by atoms with van der Waals surface area (Å²) in [5, 5.41) is 23.9. The lowest BCUT2D eigenvalue weighted by Gasteiger charge is -1.85. The van der Waals surface area contributed by atoms with E-state index in [1.165, 1.54) is 6.92 Å². The van der Waals surface area contributed by atoms with Crippen molar-refractivity contribution < 1.29 is 24.9 Å². The van der Waals surface area contributed by atoms with E-state index in [9.17, 15) is 9.59 Å². The molecule has 0 radical (unpaired) electrons. The van der Waals surface area contributed by atoms with Crippen molar-refractivity contribution in [2.24, 2.45) is 0 Å². The predicted molar refractivity (Wildman–Crippen MR) is 46.4 cm³/mol. The Morgan fingerprint density at radius 1 is 1.31 bits per heavy atom. The van der Waals surface area contributed by atoms with Crippen LogP contribution in [0.15, 0.2) is 12.2 Å². The Balaban J connectivity index is 0. The van der Waals surface area contributed by atoms with Crippen LogP contribution in [0, 0.1) is 0 Å². The van der Waals surface area contributed by atoms with Crippen LogP contribution in [0.1, 0.15) is 19.8 Å². The molecule has 0 aromatic carbocycles. The van der Waals surface area contributed by atoms with Gasteiger partial charge in [-0.2, -0.15) is 0 Å². The van der Waals surface area contributed by atoms with Crippen molar-refractivity contribution in [1.29, 1.82) is 0 Å². The quantitative estimate of drug-likeness (QED) is 0.561. The van der Waals surface area contributed by atoms with E-state index in [2.05, 4.69) is 6.58 Å². The van der Waals surface area contributed by atoms with E-state index >= 15 is 0 Å². The molecule has 5 nitrogen and oxygen atoms in total. The Hall–Kier alpha value is -1.36. The normalized spacial score (nSPS) is 8.15. The highest BCUT2D eigenvalue weighted by Crippen LogP contribution is 1.83. The third-order valence-electron chi connectivity index (χ3n) is 0.914. The van der Waals surface area contributed by atoms with Crippen LogP contribution in [0.25, 0.3) is 0 Å². The smallest absolute Gasteiger partial charge is 0.330 e. The van der Waals surface area contributed by atoms with Crippen molar-refractivity contribution in [2.75, 3.05) is 6.61 Å². The molecule has 5 heteroatoms. The molecule has 0 atom stereocenters. The van der Waals surface area contributed by atoms with Gasteiger partial charge in [-0.3, -0.25) is 4.79 Å². The van der Waals surface area contributed by atoms with Gasteiger partial charge in [0.2, 0.25) is 0 Å². The number of aliphatic hydroxyl groups is 1. The number of aliphatic hydroxyl groups excluding tert-OH is 1. The first kappa shape index (κ1) is 14.2. The van der Waals surface area contributed by atoms with Gasteiger partial charge in [0.05, 0.1) is 0 Å². The fraction of sp³-hybridized carbons (Fsp3) is 0.500. The van der Waals surface area contributed by atoms with Gasteiger partial charge in [-0.1, -0.05) is 6.58 Å². The number of hydrogen-bond acceptors (Lipinski definition) is 3. The molecular formula is C8H14O5. The van der Waals surface area contributed by atoms with E-state index in [1.807, 2.05) is 0 Å². The Kier molecular flexibility index (Phi) is 9.53. The summed E-state index contributed by atoms with van der Waals surface area (Å²) in [5.41, 5.74) is 0.176. The Labute approximate surface area is 76.3 Å². The number of carboxylic acid groups (broad SMARTS) is 2. The van der Waals surface area contributed by atoms with Crippen molar-refractivity contribution >= 4 is 11.9 Å². The van der Waals surface area contributed by atoms with Crippen molar-refractivity contribution in [3.05, 3.63) is 12.2 Å². The summed E-state index contributed by atoms with van der Waals surface area (Å²) in [7, 11) is 0. The minimum absolute atomic E-state index is 0.0354. The molecule has 0 fully saturated rings. The van der Waals surface area contributed by atoms with Gasteiger partial charge in [0.25, 0.3) is 0 Å². The fourth-order valence-corrected chi connectivity index (χ4v) is 0.230. The molecule has 0 saturated heterocycles. The molecule has 0 saturated carbocycles. The van der Waals surface area contributed by atoms with Crippen LogP contribution in [0.3, 0.4) is 0 Å². The van der Waals surface area contributed by atoms with Gasteiger partial charge in [-0.15, -0.1) is 0 Å². The highest BCUT2D eigenvalue weighted by molar-refractivity contribution is 5.84. The highest BCUT2D eigenvalue weighted by atomic mass is 16.4. The average Bonchev–Trinajstić information content (AvgIpc) is 2.01. The number of carbonyl (C=O) groups is 2. The largest absolute Gasteiger partial charge is 0.481 e. The minimum atomic E-state index is -0.935. The molecule has 76 valence electrons. The van der Waals surface area contributed by atoms with Gasteiger partial charge < -0.3 is 15.3 Å². The summed E-state index contributed by atoms with van der Waals surface area (Å²) in [4.78, 5) is 19.2. The van der Waals surface area contributed by atoms with E-state index in [0.29, 0.717) is 6.42 Å². The van der Waals surface area contributed by atoms with E-state index < -0.39 is 11.9 Å². The zero-order valence-corrected chi connectivity index (χ0v) is 7.49. The van der Waals surface area contributed by atoms with Crippen LogP contribution in [0.2, 0.25) is 0 Å². The van der Waals surface area contributed by atoms with E-state index in [-0.39, 0.29) is 18.6 Å². The SMILES string of the molecule is C=C(C)C(=O)O.O=C(O)CCCO. The van der Waals surface area contributed by atoms with Crippen LogP contribution in [0.4, 0.5) is 0 Å². The summed E-state index contributed by atoms with van der Waals surface area (Å²) in [6.45, 7) is 4.57. The third kappa shape index (κ3) is 18.0. The lowest BCUT2D eigenvalue weighted by atomic mass is 10.3. The second-order valence-electron chi connectivity index (χ2n) is 2.31. The number of carboxylic acids is 2. The Morgan fingerprint density at radius 3 is 1.77 bits per heavy atom. The fourth-order valence-electron chi connectivity index (χ4n) is 0.230. The molecular weight excluding hydrogens is 176 g/mol. The van der Waals surface area contributed by atoms with Crippen LogP contribution in [-0.4, -0.2) is 33.9 Å². The highest BCUT2D eigenvalue weighted by Gasteiger charge is 1.91. The van der Waals surface area contributed by atoms with E-state index in [4.69, 9.17) is 15.3 Å². The molecule has 13 heavy (non-hydrogen) atoms. The molecule has 0 unspecified atom stereocenters. The van der Waals surface area contributed by atoms with Crippen molar-refractivity contribution in [3.63, 3.8) is 0 Å². The predicted octanol–water partition coefficient (Wildman–Crippen LogP) is 0.491. The second-order valence-corrected chi connectivity index (χ2v) is 2.31. The molecule has 0 rings (SSSR count). The Morgan fingerprint density at radius 2 is 1.69 bits per heavy atom. The van der Waals surface area contributed by atoms with E-state index in [1.54, 1.807) is 0 Å². The maximum Gasteiger partial charge on any atom is 0.330 e. The van der Waals surface area contributed by atoms with Gasteiger partial charge in [0, 0.05) is 18.6 Å². The first-order valence-corrected chi connectivity index (χ1v) is 3.63. The van der Waals surface area contributed by atoms with Crippen LogP contribution < -0.4 is 0 Å². The minimum Gasteiger partial charge on any atom is -0.481 e. The standard InChI is InChI=1S/C4H8O3.C4H6O2/c5-3-1-2-4(6)7;1-3(2)4(5)6/h5H,1-3H2,(H,6,7);1H2,2H3,(H,5,6). The number of rotatable bonds is 4. The lowest BCUT2D eigenvalue weighted by Crippen LogP contribution is -1.95. The number of aliphatic carboxylic acids is 2. The van der Waals surface area contributed by atoms with Gasteiger partial charge >= 0.3 is 11.9 Å². The molecule has 0 aliphatic rings. The van der Waals surface area contributed by atoms with Crippen molar-refractivity contribution in [3.8, 4) is 0 Å². The lowest BCUT2D eigenvalue weighted by molar-refractivity contribution is -0.137. The van der Waals surface area contributed by atoms with Gasteiger partial charge in [0.15, 0.2) is 0 Å². The molecule has 0 aromatic rings. The van der Waals surface area contributed by atoms with Crippen LogP contribution in [0.5, 0.6) is 0 Å². The van der Waals surface area contributed by atoms with Crippen LogP contribution >= 0.6 is 0 Å². The molecule has 0 aliphatic carbocycles. The maximum absolute atomic E-state index is 9.65. The van der Waals surface area contributed by atoms with Crippen molar-refractivity contribution in [2.45, 2.75) is 19.8 Å². The third-order valence-corrected chi connectivity index (χ3v) is 0.914. The summed E-state index contributed by atoms with van der Waals surface area (Å²) in [5.74, 6) is -1.79.